The maximum atomic E-state index is 12.1. The molecule has 1 unspecified atom stereocenters. The number of allylic oxidation sites excluding steroid dienone is 1. The van der Waals surface area contributed by atoms with Crippen LogP contribution < -0.4 is 15.4 Å². The maximum Gasteiger partial charge on any atom is 0.337 e. The molecule has 1 heterocycles. The Hall–Kier alpha value is -2.50. The molecule has 1 aromatic carbocycles. The van der Waals surface area contributed by atoms with E-state index in [-0.39, 0.29) is 6.03 Å². The number of hydrogen-bond donors (Lipinski definition) is 2. The van der Waals surface area contributed by atoms with Crippen molar-refractivity contribution in [2.75, 3.05) is 13.7 Å². The third-order valence-corrected chi connectivity index (χ3v) is 3.37. The van der Waals surface area contributed by atoms with E-state index in [1.165, 1.54) is 7.11 Å². The Bertz CT molecular complexity index is 610. The number of nitrogens with one attached hydrogen (secondary N) is 2. The van der Waals surface area contributed by atoms with Crippen LogP contribution in [0.5, 0.6) is 5.75 Å². The lowest BCUT2D eigenvalue weighted by Gasteiger charge is -2.28. The number of carbonyl (C=O) groups is 2. The quantitative estimate of drug-likeness (QED) is 0.818. The number of ether oxygens (including phenoxy) is 2. The first-order chi connectivity index (χ1) is 10.6. The van der Waals surface area contributed by atoms with Crippen LogP contribution in [0.2, 0.25) is 0 Å². The number of rotatable bonds is 5. The minimum absolute atomic E-state index is 0.361. The van der Waals surface area contributed by atoms with Crippen LogP contribution in [-0.4, -0.2) is 25.7 Å². The molecule has 0 radical (unpaired) electrons. The van der Waals surface area contributed by atoms with Gasteiger partial charge in [0.25, 0.3) is 0 Å². The Morgan fingerprint density at radius 3 is 2.73 bits per heavy atom. The second-order valence-corrected chi connectivity index (χ2v) is 4.95. The summed E-state index contributed by atoms with van der Waals surface area (Å²) in [5, 5.41) is 5.35. The Morgan fingerprint density at radius 2 is 2.05 bits per heavy atom. The van der Waals surface area contributed by atoms with Gasteiger partial charge in [0.05, 0.1) is 25.3 Å². The van der Waals surface area contributed by atoms with Gasteiger partial charge in [-0.25, -0.2) is 9.59 Å². The van der Waals surface area contributed by atoms with Gasteiger partial charge >= 0.3 is 12.0 Å². The molecule has 2 N–H and O–H groups in total. The van der Waals surface area contributed by atoms with E-state index in [0.29, 0.717) is 23.6 Å². The monoisotopic (exact) mass is 304 g/mol. The zero-order valence-electron chi connectivity index (χ0n) is 12.9. The van der Waals surface area contributed by atoms with Crippen molar-refractivity contribution in [1.29, 1.82) is 0 Å². The number of esters is 1. The summed E-state index contributed by atoms with van der Waals surface area (Å²) in [6, 6.07) is 6.38. The molecule has 0 saturated heterocycles. The summed E-state index contributed by atoms with van der Waals surface area (Å²) in [4.78, 5) is 23.9. The smallest absolute Gasteiger partial charge is 0.337 e. The SMILES string of the molecule is CCCOc1ccccc1C1NC(=O)NC(C)=C1C(=O)OC. The predicted molar refractivity (Wildman–Crippen MR) is 81.4 cm³/mol. The van der Waals surface area contributed by atoms with Crippen LogP contribution in [0.15, 0.2) is 35.5 Å². The minimum atomic E-state index is -0.603. The number of hydrogen-bond acceptors (Lipinski definition) is 4. The molecule has 0 saturated carbocycles. The van der Waals surface area contributed by atoms with Crippen molar-refractivity contribution >= 4 is 12.0 Å². The molecule has 1 aromatic rings. The maximum absolute atomic E-state index is 12.1. The van der Waals surface area contributed by atoms with Gasteiger partial charge < -0.3 is 20.1 Å². The molecular weight excluding hydrogens is 284 g/mol. The summed E-state index contributed by atoms with van der Waals surface area (Å²) >= 11 is 0. The van der Waals surface area contributed by atoms with Crippen molar-refractivity contribution < 1.29 is 19.1 Å². The average molecular weight is 304 g/mol. The first-order valence-electron chi connectivity index (χ1n) is 7.16. The van der Waals surface area contributed by atoms with Crippen LogP contribution >= 0.6 is 0 Å². The molecule has 2 amide bonds. The van der Waals surface area contributed by atoms with Crippen LogP contribution in [0.1, 0.15) is 31.9 Å². The van der Waals surface area contributed by atoms with Crippen molar-refractivity contribution in [2.45, 2.75) is 26.3 Å². The number of urea groups is 1. The van der Waals surface area contributed by atoms with Crippen LogP contribution in [0, 0.1) is 0 Å². The van der Waals surface area contributed by atoms with E-state index >= 15 is 0 Å². The third-order valence-electron chi connectivity index (χ3n) is 3.37. The van der Waals surface area contributed by atoms with Gasteiger partial charge in [-0.1, -0.05) is 25.1 Å². The zero-order chi connectivity index (χ0) is 16.1. The first kappa shape index (κ1) is 15.9. The summed E-state index contributed by atoms with van der Waals surface area (Å²) in [6.07, 6.45) is 0.867. The van der Waals surface area contributed by atoms with Gasteiger partial charge in [-0.05, 0) is 19.4 Å². The van der Waals surface area contributed by atoms with E-state index in [1.54, 1.807) is 6.92 Å². The number of para-hydroxylation sites is 1. The molecule has 1 aliphatic heterocycles. The number of amides is 2. The van der Waals surface area contributed by atoms with Gasteiger partial charge in [-0.3, -0.25) is 0 Å². The third kappa shape index (κ3) is 3.21. The molecule has 0 aliphatic carbocycles. The van der Waals surface area contributed by atoms with E-state index in [1.807, 2.05) is 31.2 Å². The molecule has 1 atom stereocenters. The van der Waals surface area contributed by atoms with Crippen molar-refractivity contribution in [3.63, 3.8) is 0 Å². The Morgan fingerprint density at radius 1 is 1.32 bits per heavy atom. The van der Waals surface area contributed by atoms with E-state index in [9.17, 15) is 9.59 Å². The summed E-state index contributed by atoms with van der Waals surface area (Å²) in [5.74, 6) is 0.158. The zero-order valence-corrected chi connectivity index (χ0v) is 12.9. The molecule has 6 heteroatoms. The number of methoxy groups -OCH3 is 1. The van der Waals surface area contributed by atoms with E-state index in [2.05, 4.69) is 10.6 Å². The summed E-state index contributed by atoms with van der Waals surface area (Å²) in [6.45, 7) is 4.25. The second kappa shape index (κ2) is 6.98. The van der Waals surface area contributed by atoms with Gasteiger partial charge in [0.2, 0.25) is 0 Å². The highest BCUT2D eigenvalue weighted by Gasteiger charge is 2.33. The topological polar surface area (TPSA) is 76.7 Å². The Balaban J connectivity index is 2.46. The minimum Gasteiger partial charge on any atom is -0.493 e. The van der Waals surface area contributed by atoms with Crippen molar-refractivity contribution in [3.05, 3.63) is 41.1 Å². The Labute approximate surface area is 129 Å². The largest absolute Gasteiger partial charge is 0.493 e. The summed E-state index contributed by atoms with van der Waals surface area (Å²) < 4.78 is 10.6. The molecule has 0 bridgehead atoms. The van der Waals surface area contributed by atoms with Crippen LogP contribution in [0.3, 0.4) is 0 Å². The van der Waals surface area contributed by atoms with Crippen molar-refractivity contribution in [1.82, 2.24) is 10.6 Å². The molecule has 0 fully saturated rings. The summed E-state index contributed by atoms with van der Waals surface area (Å²) in [5.41, 5.74) is 1.58. The van der Waals surface area contributed by atoms with E-state index in [4.69, 9.17) is 9.47 Å². The second-order valence-electron chi connectivity index (χ2n) is 4.95. The molecule has 0 spiro atoms. The van der Waals surface area contributed by atoms with Crippen molar-refractivity contribution in [3.8, 4) is 5.75 Å². The van der Waals surface area contributed by atoms with Gasteiger partial charge in [0.15, 0.2) is 0 Å². The number of benzene rings is 1. The van der Waals surface area contributed by atoms with Crippen LogP contribution in [0.25, 0.3) is 0 Å². The van der Waals surface area contributed by atoms with E-state index in [0.717, 1.165) is 12.0 Å². The van der Waals surface area contributed by atoms with Crippen molar-refractivity contribution in [2.24, 2.45) is 0 Å². The first-order valence-corrected chi connectivity index (χ1v) is 7.16. The molecule has 22 heavy (non-hydrogen) atoms. The number of carbonyl (C=O) groups excluding carboxylic acids is 2. The lowest BCUT2D eigenvalue weighted by molar-refractivity contribution is -0.136. The predicted octanol–water partition coefficient (Wildman–Crippen LogP) is 2.28. The lowest BCUT2D eigenvalue weighted by Crippen LogP contribution is -2.45. The molecular formula is C16H20N2O4. The lowest BCUT2D eigenvalue weighted by atomic mass is 9.95. The van der Waals surface area contributed by atoms with Gasteiger partial charge in [0, 0.05) is 11.3 Å². The fourth-order valence-corrected chi connectivity index (χ4v) is 2.37. The molecule has 0 aromatic heterocycles. The highest BCUT2D eigenvalue weighted by Crippen LogP contribution is 2.33. The highest BCUT2D eigenvalue weighted by atomic mass is 16.5. The molecule has 2 rings (SSSR count). The fraction of sp³-hybridized carbons (Fsp3) is 0.375. The Kier molecular flexibility index (Phi) is 5.04. The highest BCUT2D eigenvalue weighted by molar-refractivity contribution is 5.95. The summed E-state index contributed by atoms with van der Waals surface area (Å²) in [7, 11) is 1.32. The van der Waals surface area contributed by atoms with Crippen LogP contribution in [-0.2, 0) is 9.53 Å². The van der Waals surface area contributed by atoms with Gasteiger partial charge in [-0.15, -0.1) is 0 Å². The van der Waals surface area contributed by atoms with Gasteiger partial charge in [-0.2, -0.15) is 0 Å². The molecule has 1 aliphatic rings. The normalized spacial score (nSPS) is 17.6. The molecule has 6 nitrogen and oxygen atoms in total. The van der Waals surface area contributed by atoms with Gasteiger partial charge in [0.1, 0.15) is 5.75 Å². The van der Waals surface area contributed by atoms with Crippen LogP contribution in [0.4, 0.5) is 4.79 Å². The standard InChI is InChI=1S/C16H20N2O4/c1-4-9-22-12-8-6-5-7-11(12)14-13(15(19)21-3)10(2)17-16(20)18-14/h5-8,14H,4,9H2,1-3H3,(H2,17,18,20). The van der Waals surface area contributed by atoms with E-state index < -0.39 is 12.0 Å². The molecule has 118 valence electrons. The average Bonchev–Trinajstić information content (AvgIpc) is 2.51. The fourth-order valence-electron chi connectivity index (χ4n) is 2.37.